The van der Waals surface area contributed by atoms with Crippen molar-refractivity contribution in [2.45, 2.75) is 31.1 Å². The standard InChI is InChI=1S/C13H15BO6/c15-12(16)13(5-1-2-6-13)8-3-4-9-11(20-7-19-9)10(8)14(17)18/h3-4,17-18H,1-2,5-7H2,(H,15,16). The molecule has 0 radical (unpaired) electrons. The van der Waals surface area contributed by atoms with Gasteiger partial charge < -0.3 is 24.6 Å². The normalized spacial score (nSPS) is 19.1. The molecule has 0 bridgehead atoms. The molecule has 3 rings (SSSR count). The van der Waals surface area contributed by atoms with Gasteiger partial charge in [0.05, 0.1) is 5.41 Å². The van der Waals surface area contributed by atoms with Gasteiger partial charge in [-0.05, 0) is 24.5 Å². The average Bonchev–Trinajstić information content (AvgIpc) is 3.06. The maximum absolute atomic E-state index is 11.8. The number of rotatable bonds is 3. The van der Waals surface area contributed by atoms with Crippen LogP contribution in [0.4, 0.5) is 0 Å². The Labute approximate surface area is 116 Å². The number of fused-ring (bicyclic) bond motifs is 1. The molecule has 1 aromatic carbocycles. The maximum atomic E-state index is 11.8. The van der Waals surface area contributed by atoms with Gasteiger partial charge >= 0.3 is 13.1 Å². The molecule has 7 heteroatoms. The van der Waals surface area contributed by atoms with Crippen molar-refractivity contribution in [1.29, 1.82) is 0 Å². The van der Waals surface area contributed by atoms with Gasteiger partial charge in [0.1, 0.15) is 0 Å². The van der Waals surface area contributed by atoms with E-state index in [1.807, 2.05) is 0 Å². The van der Waals surface area contributed by atoms with Gasteiger partial charge in [0.25, 0.3) is 0 Å². The molecule has 1 aliphatic heterocycles. The molecule has 1 aromatic rings. The highest BCUT2D eigenvalue weighted by Crippen LogP contribution is 2.43. The molecule has 1 aliphatic carbocycles. The predicted molar refractivity (Wildman–Crippen MR) is 70.2 cm³/mol. The van der Waals surface area contributed by atoms with E-state index >= 15 is 0 Å². The van der Waals surface area contributed by atoms with Crippen molar-refractivity contribution in [3.8, 4) is 11.5 Å². The summed E-state index contributed by atoms with van der Waals surface area (Å²) in [6.45, 7) is -0.00141. The fourth-order valence-corrected chi connectivity index (χ4v) is 3.24. The summed E-state index contributed by atoms with van der Waals surface area (Å²) < 4.78 is 10.5. The van der Waals surface area contributed by atoms with Crippen LogP contribution in [0.1, 0.15) is 31.2 Å². The number of carboxylic acid groups (broad SMARTS) is 1. The van der Waals surface area contributed by atoms with E-state index in [-0.39, 0.29) is 18.0 Å². The molecule has 0 spiro atoms. The van der Waals surface area contributed by atoms with Crippen molar-refractivity contribution in [1.82, 2.24) is 0 Å². The Kier molecular flexibility index (Phi) is 3.10. The van der Waals surface area contributed by atoms with Crippen LogP contribution in [0.5, 0.6) is 11.5 Å². The van der Waals surface area contributed by atoms with E-state index in [4.69, 9.17) is 9.47 Å². The van der Waals surface area contributed by atoms with Crippen LogP contribution in [0.3, 0.4) is 0 Å². The summed E-state index contributed by atoms with van der Waals surface area (Å²) >= 11 is 0. The summed E-state index contributed by atoms with van der Waals surface area (Å²) in [5.74, 6) is -0.281. The molecule has 1 fully saturated rings. The highest BCUT2D eigenvalue weighted by atomic mass is 16.7. The van der Waals surface area contributed by atoms with Crippen molar-refractivity contribution in [2.24, 2.45) is 0 Å². The van der Waals surface area contributed by atoms with Crippen molar-refractivity contribution in [3.63, 3.8) is 0 Å². The Morgan fingerprint density at radius 2 is 1.90 bits per heavy atom. The Hall–Kier alpha value is -1.73. The maximum Gasteiger partial charge on any atom is 0.492 e. The molecule has 3 N–H and O–H groups in total. The minimum atomic E-state index is -1.79. The fraction of sp³-hybridized carbons (Fsp3) is 0.462. The zero-order valence-corrected chi connectivity index (χ0v) is 10.8. The van der Waals surface area contributed by atoms with Crippen LogP contribution in [0.25, 0.3) is 0 Å². The smallest absolute Gasteiger partial charge is 0.481 e. The first kappa shape index (κ1) is 13.3. The second kappa shape index (κ2) is 4.68. The monoisotopic (exact) mass is 278 g/mol. The van der Waals surface area contributed by atoms with Crippen LogP contribution in [-0.2, 0) is 10.2 Å². The van der Waals surface area contributed by atoms with Crippen LogP contribution in [0, 0.1) is 0 Å². The van der Waals surface area contributed by atoms with Crippen molar-refractivity contribution in [3.05, 3.63) is 17.7 Å². The molecule has 0 amide bonds. The minimum absolute atomic E-state index is 0.00141. The van der Waals surface area contributed by atoms with Crippen LogP contribution >= 0.6 is 0 Å². The van der Waals surface area contributed by atoms with Gasteiger partial charge in [0.2, 0.25) is 6.79 Å². The third kappa shape index (κ3) is 1.77. The van der Waals surface area contributed by atoms with Gasteiger partial charge in [0, 0.05) is 5.46 Å². The molecule has 20 heavy (non-hydrogen) atoms. The third-order valence-electron chi connectivity index (χ3n) is 4.22. The van der Waals surface area contributed by atoms with E-state index in [1.54, 1.807) is 12.1 Å². The Bertz CT molecular complexity index is 550. The summed E-state index contributed by atoms with van der Waals surface area (Å²) in [4.78, 5) is 11.8. The van der Waals surface area contributed by atoms with E-state index in [0.717, 1.165) is 12.8 Å². The number of carboxylic acids is 1. The van der Waals surface area contributed by atoms with Gasteiger partial charge in [0.15, 0.2) is 11.5 Å². The molecule has 106 valence electrons. The summed E-state index contributed by atoms with van der Waals surface area (Å²) in [5.41, 5.74) is -0.536. The van der Waals surface area contributed by atoms with E-state index < -0.39 is 18.5 Å². The topological polar surface area (TPSA) is 96.2 Å². The van der Waals surface area contributed by atoms with E-state index in [2.05, 4.69) is 0 Å². The SMILES string of the molecule is O=C(O)C1(c2ccc3c(c2B(O)O)OCO3)CCCC1. The average molecular weight is 278 g/mol. The molecule has 0 saturated heterocycles. The summed E-state index contributed by atoms with van der Waals surface area (Å²) in [6.07, 6.45) is 2.59. The first-order chi connectivity index (χ1) is 9.56. The third-order valence-corrected chi connectivity index (χ3v) is 4.22. The van der Waals surface area contributed by atoms with Crippen molar-refractivity contribution >= 4 is 18.6 Å². The number of aliphatic carboxylic acids is 1. The highest BCUT2D eigenvalue weighted by Gasteiger charge is 2.47. The number of ether oxygens (including phenoxy) is 2. The lowest BCUT2D eigenvalue weighted by atomic mass is 9.67. The quantitative estimate of drug-likeness (QED) is 0.673. The first-order valence-corrected chi connectivity index (χ1v) is 6.59. The van der Waals surface area contributed by atoms with Gasteiger partial charge in [-0.1, -0.05) is 18.9 Å². The van der Waals surface area contributed by atoms with Crippen molar-refractivity contribution < 1.29 is 29.4 Å². The second-order valence-corrected chi connectivity index (χ2v) is 5.23. The second-order valence-electron chi connectivity index (χ2n) is 5.23. The highest BCUT2D eigenvalue weighted by molar-refractivity contribution is 6.60. The van der Waals surface area contributed by atoms with Gasteiger partial charge in [-0.2, -0.15) is 0 Å². The Balaban J connectivity index is 2.21. The number of hydrogen-bond acceptors (Lipinski definition) is 5. The van der Waals surface area contributed by atoms with E-state index in [9.17, 15) is 19.9 Å². The zero-order valence-electron chi connectivity index (χ0n) is 10.8. The molecule has 1 saturated carbocycles. The Morgan fingerprint density at radius 3 is 2.50 bits per heavy atom. The lowest BCUT2D eigenvalue weighted by Gasteiger charge is -2.27. The van der Waals surface area contributed by atoms with E-state index in [1.165, 1.54) is 0 Å². The van der Waals surface area contributed by atoms with Crippen molar-refractivity contribution in [2.75, 3.05) is 6.79 Å². The molecule has 6 nitrogen and oxygen atoms in total. The number of benzene rings is 1. The van der Waals surface area contributed by atoms with Crippen LogP contribution in [0.2, 0.25) is 0 Å². The summed E-state index contributed by atoms with van der Waals surface area (Å²) in [6, 6.07) is 3.24. The summed E-state index contributed by atoms with van der Waals surface area (Å²) in [5, 5.41) is 28.9. The largest absolute Gasteiger partial charge is 0.492 e. The predicted octanol–water partition coefficient (Wildman–Crippen LogP) is -0.00850. The molecular weight excluding hydrogens is 263 g/mol. The van der Waals surface area contributed by atoms with Gasteiger partial charge in [-0.15, -0.1) is 0 Å². The van der Waals surface area contributed by atoms with Gasteiger partial charge in [-0.25, -0.2) is 0 Å². The molecule has 0 aromatic heterocycles. The van der Waals surface area contributed by atoms with Gasteiger partial charge in [-0.3, -0.25) is 4.79 Å². The van der Waals surface area contributed by atoms with Crippen LogP contribution in [-0.4, -0.2) is 35.0 Å². The first-order valence-electron chi connectivity index (χ1n) is 6.59. The molecule has 1 heterocycles. The number of carbonyl (C=O) groups is 1. The van der Waals surface area contributed by atoms with Crippen LogP contribution in [0.15, 0.2) is 12.1 Å². The van der Waals surface area contributed by atoms with Crippen LogP contribution < -0.4 is 14.9 Å². The summed E-state index contributed by atoms with van der Waals surface area (Å²) in [7, 11) is -1.79. The fourth-order valence-electron chi connectivity index (χ4n) is 3.24. The zero-order chi connectivity index (χ0) is 14.3. The lowest BCUT2D eigenvalue weighted by Crippen LogP contribution is -2.43. The molecular formula is C13H15BO6. The minimum Gasteiger partial charge on any atom is -0.481 e. The lowest BCUT2D eigenvalue weighted by molar-refractivity contribution is -0.143. The molecule has 0 atom stereocenters. The molecule has 0 unspecified atom stereocenters. The Morgan fingerprint density at radius 1 is 1.20 bits per heavy atom. The molecule has 2 aliphatic rings. The number of hydrogen-bond donors (Lipinski definition) is 3. The van der Waals surface area contributed by atoms with E-state index in [0.29, 0.717) is 24.2 Å².